The molecule has 0 spiro atoms. The molecule has 1 heterocycles. The predicted molar refractivity (Wildman–Crippen MR) is 58.7 cm³/mol. The lowest BCUT2D eigenvalue weighted by molar-refractivity contribution is -0.121. The summed E-state index contributed by atoms with van der Waals surface area (Å²) in [5, 5.41) is 12.0. The summed E-state index contributed by atoms with van der Waals surface area (Å²) in [7, 11) is 0. The molecule has 0 atom stereocenters. The maximum atomic E-state index is 11.0. The Hall–Kier alpha value is -1.32. The number of hydrogen-bond acceptors (Lipinski definition) is 5. The first-order valence-corrected chi connectivity index (χ1v) is 5.21. The molecule has 7 heteroatoms. The van der Waals surface area contributed by atoms with Gasteiger partial charge in [0.2, 0.25) is 5.91 Å². The first-order valence-electron chi connectivity index (χ1n) is 4.01. The molecular formula is C8H9ClN4OS. The van der Waals surface area contributed by atoms with E-state index in [1.807, 2.05) is 6.07 Å². The summed E-state index contributed by atoms with van der Waals surface area (Å²) in [6.07, 6.45) is 0. The van der Waals surface area contributed by atoms with Crippen molar-refractivity contribution in [2.24, 2.45) is 5.73 Å². The topological polar surface area (TPSA) is 91.8 Å². The van der Waals surface area contributed by atoms with Crippen molar-refractivity contribution in [1.82, 2.24) is 4.98 Å². The van der Waals surface area contributed by atoms with Gasteiger partial charge in [-0.2, -0.15) is 5.26 Å². The van der Waals surface area contributed by atoms with Crippen molar-refractivity contribution in [3.8, 4) is 6.07 Å². The third-order valence-corrected chi connectivity index (χ3v) is 2.98. The SMILES string of the molecule is CC(C)(Nc1nc(Cl)c(C#N)s1)C(N)=O. The molecule has 1 rings (SSSR count). The van der Waals surface area contributed by atoms with Crippen LogP contribution in [0.5, 0.6) is 0 Å². The molecule has 0 aliphatic heterocycles. The minimum atomic E-state index is -0.923. The van der Waals surface area contributed by atoms with Crippen LogP contribution in [0.4, 0.5) is 5.13 Å². The van der Waals surface area contributed by atoms with E-state index in [0.29, 0.717) is 10.0 Å². The fourth-order valence-electron chi connectivity index (χ4n) is 0.753. The van der Waals surface area contributed by atoms with Gasteiger partial charge in [-0.25, -0.2) is 4.98 Å². The molecule has 0 saturated heterocycles. The largest absolute Gasteiger partial charge is 0.368 e. The highest BCUT2D eigenvalue weighted by Crippen LogP contribution is 2.27. The van der Waals surface area contributed by atoms with E-state index in [-0.39, 0.29) is 5.15 Å². The van der Waals surface area contributed by atoms with Crippen LogP contribution in [0.1, 0.15) is 18.7 Å². The van der Waals surface area contributed by atoms with E-state index in [0.717, 1.165) is 11.3 Å². The van der Waals surface area contributed by atoms with Crippen molar-refractivity contribution in [2.45, 2.75) is 19.4 Å². The number of hydrogen-bond donors (Lipinski definition) is 2. The van der Waals surface area contributed by atoms with Gasteiger partial charge in [-0.05, 0) is 13.8 Å². The Bertz CT molecular complexity index is 434. The second-order valence-electron chi connectivity index (χ2n) is 3.37. The molecule has 3 N–H and O–H groups in total. The smallest absolute Gasteiger partial charge is 0.242 e. The van der Waals surface area contributed by atoms with Crippen molar-refractivity contribution < 1.29 is 4.79 Å². The van der Waals surface area contributed by atoms with Crippen molar-refractivity contribution in [1.29, 1.82) is 5.26 Å². The average molecular weight is 245 g/mol. The van der Waals surface area contributed by atoms with Gasteiger partial charge in [-0.15, -0.1) is 0 Å². The van der Waals surface area contributed by atoms with Gasteiger partial charge in [0.15, 0.2) is 10.3 Å². The van der Waals surface area contributed by atoms with Gasteiger partial charge in [0.05, 0.1) is 0 Å². The lowest BCUT2D eigenvalue weighted by Gasteiger charge is -2.21. The third kappa shape index (κ3) is 2.58. The van der Waals surface area contributed by atoms with Crippen molar-refractivity contribution in [2.75, 3.05) is 5.32 Å². The number of halogens is 1. The van der Waals surface area contributed by atoms with Gasteiger partial charge in [0.25, 0.3) is 0 Å². The zero-order chi connectivity index (χ0) is 11.6. The quantitative estimate of drug-likeness (QED) is 0.839. The number of nitrogens with zero attached hydrogens (tertiary/aromatic N) is 2. The molecule has 0 radical (unpaired) electrons. The van der Waals surface area contributed by atoms with Gasteiger partial charge >= 0.3 is 0 Å². The first-order chi connectivity index (χ1) is 6.86. The van der Waals surface area contributed by atoms with Crippen molar-refractivity contribution >= 4 is 34.0 Å². The molecular weight excluding hydrogens is 236 g/mol. The van der Waals surface area contributed by atoms with Crippen molar-refractivity contribution in [3.05, 3.63) is 10.0 Å². The summed E-state index contributed by atoms with van der Waals surface area (Å²) in [6, 6.07) is 1.90. The normalized spacial score (nSPS) is 10.8. The van der Waals surface area contributed by atoms with Gasteiger partial charge in [0.1, 0.15) is 16.5 Å². The minimum absolute atomic E-state index is 0.130. The van der Waals surface area contributed by atoms with Crippen LogP contribution in [0.2, 0.25) is 5.15 Å². The van der Waals surface area contributed by atoms with Crippen LogP contribution in [0.15, 0.2) is 0 Å². The highest BCUT2D eigenvalue weighted by atomic mass is 35.5. The van der Waals surface area contributed by atoms with Crippen LogP contribution in [0.3, 0.4) is 0 Å². The van der Waals surface area contributed by atoms with Crippen molar-refractivity contribution in [3.63, 3.8) is 0 Å². The number of nitrogens with one attached hydrogen (secondary N) is 1. The highest BCUT2D eigenvalue weighted by molar-refractivity contribution is 7.16. The third-order valence-electron chi connectivity index (χ3n) is 1.72. The number of primary amides is 1. The zero-order valence-electron chi connectivity index (χ0n) is 8.17. The Kier molecular flexibility index (Phi) is 3.17. The van der Waals surface area contributed by atoms with E-state index in [1.54, 1.807) is 13.8 Å². The van der Waals surface area contributed by atoms with E-state index >= 15 is 0 Å². The number of nitriles is 1. The summed E-state index contributed by atoms with van der Waals surface area (Å²) in [4.78, 5) is 15.2. The number of aromatic nitrogens is 1. The van der Waals surface area contributed by atoms with Crippen LogP contribution in [0.25, 0.3) is 0 Å². The second kappa shape index (κ2) is 4.04. The Morgan fingerprint density at radius 2 is 2.33 bits per heavy atom. The number of nitrogens with two attached hydrogens (primary N) is 1. The molecule has 0 unspecified atom stereocenters. The number of anilines is 1. The molecule has 0 aliphatic carbocycles. The van der Waals surface area contributed by atoms with Gasteiger partial charge in [-0.3, -0.25) is 4.79 Å². The highest BCUT2D eigenvalue weighted by Gasteiger charge is 2.26. The molecule has 0 aromatic carbocycles. The summed E-state index contributed by atoms with van der Waals surface area (Å²) in [6.45, 7) is 3.24. The predicted octanol–water partition coefficient (Wildman–Crippen LogP) is 1.34. The number of rotatable bonds is 3. The summed E-state index contributed by atoms with van der Waals surface area (Å²) in [5.41, 5.74) is 4.25. The van der Waals surface area contributed by atoms with Crippen LogP contribution in [-0.2, 0) is 4.79 Å². The van der Waals surface area contributed by atoms with Crippen LogP contribution in [0, 0.1) is 11.3 Å². The molecule has 1 aromatic rings. The number of amides is 1. The summed E-state index contributed by atoms with van der Waals surface area (Å²) < 4.78 is 0. The van der Waals surface area contributed by atoms with Crippen LogP contribution < -0.4 is 11.1 Å². The Morgan fingerprint density at radius 1 is 1.73 bits per heavy atom. The molecule has 80 valence electrons. The molecule has 0 fully saturated rings. The Balaban J connectivity index is 2.92. The van der Waals surface area contributed by atoms with Crippen LogP contribution >= 0.6 is 22.9 Å². The van der Waals surface area contributed by atoms with E-state index < -0.39 is 11.4 Å². The molecule has 5 nitrogen and oxygen atoms in total. The number of carbonyl (C=O) groups is 1. The molecule has 15 heavy (non-hydrogen) atoms. The average Bonchev–Trinajstić information content (AvgIpc) is 2.44. The minimum Gasteiger partial charge on any atom is -0.368 e. The Labute approximate surface area is 95.9 Å². The maximum Gasteiger partial charge on any atom is 0.242 e. The molecule has 0 bridgehead atoms. The van der Waals surface area contributed by atoms with Gasteiger partial charge in [0, 0.05) is 0 Å². The lowest BCUT2D eigenvalue weighted by Crippen LogP contribution is -2.44. The van der Waals surface area contributed by atoms with E-state index in [4.69, 9.17) is 22.6 Å². The van der Waals surface area contributed by atoms with Gasteiger partial charge in [-0.1, -0.05) is 22.9 Å². The zero-order valence-corrected chi connectivity index (χ0v) is 9.74. The molecule has 1 amide bonds. The number of thiazole rings is 1. The molecule has 0 saturated carbocycles. The molecule has 0 aliphatic rings. The lowest BCUT2D eigenvalue weighted by atomic mass is 10.1. The molecule has 1 aromatic heterocycles. The fourth-order valence-corrected chi connectivity index (χ4v) is 1.86. The van der Waals surface area contributed by atoms with Gasteiger partial charge < -0.3 is 11.1 Å². The first kappa shape index (κ1) is 11.8. The Morgan fingerprint density at radius 3 is 2.73 bits per heavy atom. The summed E-state index contributed by atoms with van der Waals surface area (Å²) in [5.74, 6) is -0.507. The maximum absolute atomic E-state index is 11.0. The number of carbonyl (C=O) groups excluding carboxylic acids is 1. The fraction of sp³-hybridized carbons (Fsp3) is 0.375. The van der Waals surface area contributed by atoms with E-state index in [1.165, 1.54) is 0 Å². The standard InChI is InChI=1S/C8H9ClN4OS/c1-8(2,6(11)14)13-7-12-5(9)4(3-10)15-7/h1-2H3,(H2,11,14)(H,12,13). The van der Waals surface area contributed by atoms with E-state index in [9.17, 15) is 4.79 Å². The monoisotopic (exact) mass is 244 g/mol. The van der Waals surface area contributed by atoms with Crippen LogP contribution in [-0.4, -0.2) is 16.4 Å². The van der Waals surface area contributed by atoms with E-state index in [2.05, 4.69) is 10.3 Å². The second-order valence-corrected chi connectivity index (χ2v) is 4.72. The summed E-state index contributed by atoms with van der Waals surface area (Å²) >= 11 is 6.75.